The van der Waals surface area contributed by atoms with Gasteiger partial charge in [0.15, 0.2) is 17.1 Å². The van der Waals surface area contributed by atoms with Crippen LogP contribution in [-0.4, -0.2) is 47.9 Å². The highest BCUT2D eigenvalue weighted by atomic mass is 16.5. The zero-order valence-corrected chi connectivity index (χ0v) is 23.9. The van der Waals surface area contributed by atoms with Gasteiger partial charge in [-0.05, 0) is 67.1 Å². The lowest BCUT2D eigenvalue weighted by molar-refractivity contribution is -0.122. The van der Waals surface area contributed by atoms with Gasteiger partial charge in [0.1, 0.15) is 11.6 Å². The zero-order chi connectivity index (χ0) is 30.1. The molecule has 1 saturated heterocycles. The highest BCUT2D eigenvalue weighted by molar-refractivity contribution is 6.23. The highest BCUT2D eigenvalue weighted by Gasteiger charge is 2.44. The maximum absolute atomic E-state index is 14.0. The molecule has 1 aliphatic rings. The summed E-state index contributed by atoms with van der Waals surface area (Å²) >= 11 is 0. The van der Waals surface area contributed by atoms with Crippen LogP contribution in [0.15, 0.2) is 95.4 Å². The second-order valence-electron chi connectivity index (χ2n) is 10.3. The number of para-hydroxylation sites is 2. The number of rotatable bonds is 8. The van der Waals surface area contributed by atoms with E-state index in [0.717, 1.165) is 21.5 Å². The first-order chi connectivity index (χ1) is 20.9. The molecular weight excluding hydrogens is 546 g/mol. The summed E-state index contributed by atoms with van der Waals surface area (Å²) in [5.41, 5.74) is 4.74. The van der Waals surface area contributed by atoms with Crippen molar-refractivity contribution in [3.05, 3.63) is 108 Å². The second-order valence-corrected chi connectivity index (χ2v) is 10.3. The van der Waals surface area contributed by atoms with Crippen LogP contribution >= 0.6 is 0 Å². The fourth-order valence-corrected chi connectivity index (χ4v) is 5.23. The lowest BCUT2D eigenvalue weighted by Gasteiger charge is -2.28. The van der Waals surface area contributed by atoms with Crippen LogP contribution in [0.4, 0.5) is 5.69 Å². The molecule has 1 unspecified atom stereocenters. The Morgan fingerprint density at radius 2 is 1.65 bits per heavy atom. The van der Waals surface area contributed by atoms with Crippen LogP contribution in [0.1, 0.15) is 27.9 Å². The van der Waals surface area contributed by atoms with E-state index in [9.17, 15) is 14.4 Å². The van der Waals surface area contributed by atoms with E-state index < -0.39 is 23.8 Å². The number of hydrogen-bond donors (Lipinski definition) is 0. The number of aryl methyl sites for hydroxylation is 1. The summed E-state index contributed by atoms with van der Waals surface area (Å²) in [7, 11) is 3.00. The smallest absolute Gasteiger partial charge is 0.257 e. The summed E-state index contributed by atoms with van der Waals surface area (Å²) < 4.78 is 16.6. The molecule has 1 aliphatic heterocycles. The third-order valence-electron chi connectivity index (χ3n) is 7.53. The van der Waals surface area contributed by atoms with Gasteiger partial charge in [0.2, 0.25) is 11.8 Å². The molecule has 3 amide bonds. The molecule has 0 N–H and O–H groups in total. The van der Waals surface area contributed by atoms with Gasteiger partial charge >= 0.3 is 0 Å². The van der Waals surface area contributed by atoms with Gasteiger partial charge in [-0.25, -0.2) is 9.88 Å². The Kier molecular flexibility index (Phi) is 7.38. The molecule has 0 bridgehead atoms. The number of hydrogen-bond acceptors (Lipinski definition) is 7. The van der Waals surface area contributed by atoms with Gasteiger partial charge in [-0.2, -0.15) is 0 Å². The maximum atomic E-state index is 14.0. The first-order valence-electron chi connectivity index (χ1n) is 13.8. The molecule has 1 fully saturated rings. The van der Waals surface area contributed by atoms with Crippen molar-refractivity contribution in [3.8, 4) is 23.0 Å². The Morgan fingerprint density at radius 3 is 2.35 bits per heavy atom. The van der Waals surface area contributed by atoms with Crippen molar-refractivity contribution < 1.29 is 28.3 Å². The monoisotopic (exact) mass is 575 g/mol. The Morgan fingerprint density at radius 1 is 0.930 bits per heavy atom. The number of carbonyl (C=O) groups excluding carboxylic acids is 3. The molecule has 4 aromatic carbocycles. The van der Waals surface area contributed by atoms with E-state index in [-0.39, 0.29) is 13.0 Å². The van der Waals surface area contributed by atoms with Gasteiger partial charge in [-0.3, -0.25) is 14.4 Å². The minimum Gasteiger partial charge on any atom is -0.493 e. The Labute approximate surface area is 248 Å². The SMILES string of the molecule is COc1ccc(C(=O)N(Cc2ccc(C)cc2)C2CC(=O)N(c3ccc(-c4nc5ccccc5o4)cc3)C2=O)cc1OC. The maximum Gasteiger partial charge on any atom is 0.257 e. The van der Waals surface area contributed by atoms with Crippen molar-refractivity contribution in [2.45, 2.75) is 25.9 Å². The molecule has 5 aromatic rings. The average Bonchev–Trinajstić information content (AvgIpc) is 3.60. The normalized spacial score (nSPS) is 14.8. The number of oxazole rings is 1. The minimum atomic E-state index is -0.994. The second kappa shape index (κ2) is 11.4. The number of fused-ring (bicyclic) bond motifs is 1. The van der Waals surface area contributed by atoms with Crippen LogP contribution in [0.3, 0.4) is 0 Å². The predicted molar refractivity (Wildman–Crippen MR) is 161 cm³/mol. The van der Waals surface area contributed by atoms with E-state index in [1.54, 1.807) is 42.5 Å². The molecular formula is C34H29N3O6. The Hall–Kier alpha value is -5.44. The van der Waals surface area contributed by atoms with E-state index in [2.05, 4.69) is 4.98 Å². The average molecular weight is 576 g/mol. The fourth-order valence-electron chi connectivity index (χ4n) is 5.23. The van der Waals surface area contributed by atoms with Crippen molar-refractivity contribution in [3.63, 3.8) is 0 Å². The van der Waals surface area contributed by atoms with E-state index in [1.807, 2.05) is 55.5 Å². The zero-order valence-electron chi connectivity index (χ0n) is 23.9. The highest BCUT2D eigenvalue weighted by Crippen LogP contribution is 2.32. The van der Waals surface area contributed by atoms with Crippen LogP contribution in [-0.2, 0) is 16.1 Å². The van der Waals surface area contributed by atoms with Gasteiger partial charge in [0.05, 0.1) is 26.3 Å². The molecule has 1 aromatic heterocycles. The Bertz CT molecular complexity index is 1790. The van der Waals surface area contributed by atoms with E-state index in [1.165, 1.54) is 19.1 Å². The van der Waals surface area contributed by atoms with Gasteiger partial charge in [0, 0.05) is 17.7 Å². The van der Waals surface area contributed by atoms with Crippen LogP contribution in [0.25, 0.3) is 22.6 Å². The quantitative estimate of drug-likeness (QED) is 0.216. The van der Waals surface area contributed by atoms with Gasteiger partial charge in [-0.1, -0.05) is 42.0 Å². The summed E-state index contributed by atoms with van der Waals surface area (Å²) in [5.74, 6) is 0.0383. The van der Waals surface area contributed by atoms with Crippen molar-refractivity contribution in [2.24, 2.45) is 0 Å². The third-order valence-corrected chi connectivity index (χ3v) is 7.53. The number of nitrogens with zero attached hydrogens (tertiary/aromatic N) is 3. The minimum absolute atomic E-state index is 0.141. The van der Waals surface area contributed by atoms with Gasteiger partial charge in [0.25, 0.3) is 11.8 Å². The first kappa shape index (κ1) is 27.7. The van der Waals surface area contributed by atoms with Gasteiger partial charge in [-0.15, -0.1) is 0 Å². The first-order valence-corrected chi connectivity index (χ1v) is 13.8. The molecule has 216 valence electrons. The molecule has 6 rings (SSSR count). The molecule has 0 spiro atoms. The van der Waals surface area contributed by atoms with Crippen molar-refractivity contribution >= 4 is 34.5 Å². The topological polar surface area (TPSA) is 102 Å². The summed E-state index contributed by atoms with van der Waals surface area (Å²) in [5, 5.41) is 0. The molecule has 0 radical (unpaired) electrons. The van der Waals surface area contributed by atoms with Crippen molar-refractivity contribution in [2.75, 3.05) is 19.1 Å². The largest absolute Gasteiger partial charge is 0.493 e. The summed E-state index contributed by atoms with van der Waals surface area (Å²) in [6.07, 6.45) is -0.142. The van der Waals surface area contributed by atoms with Crippen LogP contribution < -0.4 is 14.4 Å². The lowest BCUT2D eigenvalue weighted by Crippen LogP contribution is -2.45. The number of ether oxygens (including phenoxy) is 2. The molecule has 2 heterocycles. The Balaban J connectivity index is 1.30. The fraction of sp³-hybridized carbons (Fsp3) is 0.176. The molecule has 1 atom stereocenters. The number of aromatic nitrogens is 1. The number of anilines is 1. The molecule has 9 nitrogen and oxygen atoms in total. The summed E-state index contributed by atoms with van der Waals surface area (Å²) in [4.78, 5) is 48.3. The van der Waals surface area contributed by atoms with Crippen molar-refractivity contribution in [1.82, 2.24) is 9.88 Å². The van der Waals surface area contributed by atoms with Gasteiger partial charge < -0.3 is 18.8 Å². The number of carbonyl (C=O) groups is 3. The molecule has 43 heavy (non-hydrogen) atoms. The molecule has 0 saturated carbocycles. The van der Waals surface area contributed by atoms with Crippen LogP contribution in [0.2, 0.25) is 0 Å². The summed E-state index contributed by atoms with van der Waals surface area (Å²) in [6, 6.07) is 25.9. The molecule has 0 aliphatic carbocycles. The lowest BCUT2D eigenvalue weighted by atomic mass is 10.1. The predicted octanol–water partition coefficient (Wildman–Crippen LogP) is 5.79. The van der Waals surface area contributed by atoms with E-state index >= 15 is 0 Å². The molecule has 9 heteroatoms. The number of imide groups is 1. The number of methoxy groups -OCH3 is 2. The standard InChI is InChI=1S/C34H29N3O6/c1-21-8-10-22(11-9-21)20-36(33(39)24-14-17-29(41-2)30(18-24)42-3)27-19-31(38)37(34(27)40)25-15-12-23(13-16-25)32-35-26-6-4-5-7-28(26)43-32/h4-18,27H,19-20H2,1-3H3. The van der Waals surface area contributed by atoms with Crippen LogP contribution in [0, 0.1) is 6.92 Å². The third kappa shape index (κ3) is 5.32. The van der Waals surface area contributed by atoms with E-state index in [4.69, 9.17) is 13.9 Å². The number of amides is 3. The van der Waals surface area contributed by atoms with Crippen LogP contribution in [0.5, 0.6) is 11.5 Å². The summed E-state index contributed by atoms with van der Waals surface area (Å²) in [6.45, 7) is 2.12. The number of benzene rings is 4. The van der Waals surface area contributed by atoms with E-state index in [0.29, 0.717) is 39.8 Å². The van der Waals surface area contributed by atoms with Crippen molar-refractivity contribution in [1.29, 1.82) is 0 Å².